The Morgan fingerprint density at radius 2 is 1.86 bits per heavy atom. The van der Waals surface area contributed by atoms with Crippen LogP contribution >= 0.6 is 0 Å². The number of urea groups is 1. The highest BCUT2D eigenvalue weighted by molar-refractivity contribution is 6.01. The second-order valence-electron chi connectivity index (χ2n) is 6.47. The molecular formula is C20H17N5O3. The van der Waals surface area contributed by atoms with E-state index in [-0.39, 0.29) is 17.8 Å². The van der Waals surface area contributed by atoms with Crippen LogP contribution in [0.3, 0.4) is 0 Å². The number of nitro groups is 1. The maximum absolute atomic E-state index is 13.4. The predicted octanol–water partition coefficient (Wildman–Crippen LogP) is 4.22. The van der Waals surface area contributed by atoms with E-state index in [0.29, 0.717) is 18.1 Å². The van der Waals surface area contributed by atoms with Crippen molar-refractivity contribution in [2.24, 2.45) is 0 Å². The molecule has 8 nitrogen and oxygen atoms in total. The monoisotopic (exact) mass is 375 g/mol. The minimum absolute atomic E-state index is 0.0324. The first-order chi connectivity index (χ1) is 13.6. The van der Waals surface area contributed by atoms with Crippen molar-refractivity contribution in [1.29, 1.82) is 0 Å². The number of hydrogen-bond acceptors (Lipinski definition) is 5. The lowest BCUT2D eigenvalue weighted by molar-refractivity contribution is -0.384. The minimum Gasteiger partial charge on any atom is -0.313 e. The Hall–Kier alpha value is -3.81. The summed E-state index contributed by atoms with van der Waals surface area (Å²) >= 11 is 0. The molecule has 0 saturated carbocycles. The lowest BCUT2D eigenvalue weighted by Gasteiger charge is -2.39. The van der Waals surface area contributed by atoms with Crippen LogP contribution in [-0.2, 0) is 6.54 Å². The van der Waals surface area contributed by atoms with Gasteiger partial charge in [-0.3, -0.25) is 15.1 Å². The van der Waals surface area contributed by atoms with Gasteiger partial charge in [-0.1, -0.05) is 12.1 Å². The summed E-state index contributed by atoms with van der Waals surface area (Å²) in [6.07, 6.45) is 5.06. The number of pyridine rings is 2. The highest BCUT2D eigenvalue weighted by atomic mass is 16.6. The summed E-state index contributed by atoms with van der Waals surface area (Å²) in [7, 11) is 0. The molecule has 0 N–H and O–H groups in total. The van der Waals surface area contributed by atoms with Crippen LogP contribution in [0.25, 0.3) is 0 Å². The fourth-order valence-corrected chi connectivity index (χ4v) is 3.29. The molecule has 0 saturated heterocycles. The van der Waals surface area contributed by atoms with Gasteiger partial charge in [-0.05, 0) is 36.8 Å². The summed E-state index contributed by atoms with van der Waals surface area (Å²) < 4.78 is 0. The third-order valence-corrected chi connectivity index (χ3v) is 4.81. The van der Waals surface area contributed by atoms with E-state index in [1.54, 1.807) is 35.6 Å². The Morgan fingerprint density at radius 1 is 1.11 bits per heavy atom. The van der Waals surface area contributed by atoms with Crippen LogP contribution in [-0.4, -0.2) is 25.8 Å². The molecular weight excluding hydrogens is 358 g/mol. The number of carbonyl (C=O) groups is 1. The van der Waals surface area contributed by atoms with Gasteiger partial charge in [0.2, 0.25) is 0 Å². The van der Waals surface area contributed by atoms with Crippen molar-refractivity contribution in [1.82, 2.24) is 14.9 Å². The number of nitrogens with zero attached hydrogens (tertiary/aromatic N) is 5. The van der Waals surface area contributed by atoms with E-state index < -0.39 is 4.92 Å². The zero-order chi connectivity index (χ0) is 19.7. The first kappa shape index (κ1) is 17.6. The maximum atomic E-state index is 13.4. The molecule has 1 atom stereocenters. The maximum Gasteiger partial charge on any atom is 0.331 e. The van der Waals surface area contributed by atoms with E-state index in [0.717, 1.165) is 11.1 Å². The Bertz CT molecular complexity index is 1020. The summed E-state index contributed by atoms with van der Waals surface area (Å²) in [4.78, 5) is 35.6. The highest BCUT2D eigenvalue weighted by Crippen LogP contribution is 2.37. The van der Waals surface area contributed by atoms with Crippen LogP contribution in [0.1, 0.15) is 24.1 Å². The van der Waals surface area contributed by atoms with Crippen molar-refractivity contribution >= 4 is 23.2 Å². The van der Waals surface area contributed by atoms with Crippen molar-refractivity contribution in [2.75, 3.05) is 4.90 Å². The van der Waals surface area contributed by atoms with E-state index in [4.69, 9.17) is 0 Å². The molecule has 4 rings (SSSR count). The Balaban J connectivity index is 1.76. The van der Waals surface area contributed by atoms with Crippen molar-refractivity contribution in [3.8, 4) is 0 Å². The topological polar surface area (TPSA) is 92.5 Å². The van der Waals surface area contributed by atoms with Gasteiger partial charge in [0.05, 0.1) is 23.2 Å². The first-order valence-electron chi connectivity index (χ1n) is 8.75. The summed E-state index contributed by atoms with van der Waals surface area (Å²) in [5, 5.41) is 10.9. The molecule has 1 aliphatic heterocycles. The van der Waals surface area contributed by atoms with Crippen LogP contribution in [0.2, 0.25) is 0 Å². The van der Waals surface area contributed by atoms with E-state index >= 15 is 0 Å². The molecule has 3 heterocycles. The molecule has 0 fully saturated rings. The number of fused-ring (bicyclic) bond motifs is 1. The number of benzene rings is 1. The normalized spacial score (nSPS) is 14.5. The quantitative estimate of drug-likeness (QED) is 0.503. The molecule has 140 valence electrons. The third-order valence-electron chi connectivity index (χ3n) is 4.81. The number of carbonyl (C=O) groups excluding carboxylic acids is 1. The van der Waals surface area contributed by atoms with Gasteiger partial charge in [0.1, 0.15) is 5.82 Å². The molecule has 1 aliphatic rings. The summed E-state index contributed by atoms with van der Waals surface area (Å²) in [5.74, 6) is 0.538. The zero-order valence-corrected chi connectivity index (χ0v) is 15.1. The number of non-ortho nitro benzene ring substituents is 1. The predicted molar refractivity (Wildman–Crippen MR) is 103 cm³/mol. The van der Waals surface area contributed by atoms with Gasteiger partial charge >= 0.3 is 6.03 Å². The van der Waals surface area contributed by atoms with Gasteiger partial charge < -0.3 is 4.90 Å². The van der Waals surface area contributed by atoms with E-state index in [1.165, 1.54) is 17.0 Å². The Kier molecular flexibility index (Phi) is 4.44. The van der Waals surface area contributed by atoms with Crippen LogP contribution in [0, 0.1) is 10.1 Å². The van der Waals surface area contributed by atoms with Gasteiger partial charge in [-0.2, -0.15) is 0 Å². The highest BCUT2D eigenvalue weighted by Gasteiger charge is 2.35. The molecule has 1 aromatic carbocycles. The number of aromatic nitrogens is 2. The lowest BCUT2D eigenvalue weighted by Crippen LogP contribution is -2.46. The molecule has 2 aromatic heterocycles. The standard InChI is InChI=1S/C20H17N5O3/c1-14(15-4-2-10-21-12-15)23-13-16-5-3-11-22-19(16)24(20(23)26)17-6-8-18(9-7-17)25(27)28/h2-12,14H,13H2,1H3. The van der Waals surface area contributed by atoms with Crippen LogP contribution in [0.4, 0.5) is 22.0 Å². The number of rotatable bonds is 4. The summed E-state index contributed by atoms with van der Waals surface area (Å²) in [5.41, 5.74) is 2.32. The van der Waals surface area contributed by atoms with Crippen LogP contribution in [0.15, 0.2) is 67.1 Å². The second kappa shape index (κ2) is 7.07. The molecule has 0 spiro atoms. The average molecular weight is 375 g/mol. The summed E-state index contributed by atoms with van der Waals surface area (Å²) in [6, 6.07) is 13.0. The Labute approximate surface area is 161 Å². The minimum atomic E-state index is -0.467. The van der Waals surface area contributed by atoms with Crippen molar-refractivity contribution < 1.29 is 9.72 Å². The molecule has 3 aromatic rings. The van der Waals surface area contributed by atoms with Crippen molar-refractivity contribution in [3.05, 3.63) is 88.4 Å². The lowest BCUT2D eigenvalue weighted by atomic mass is 10.1. The van der Waals surface area contributed by atoms with E-state index in [2.05, 4.69) is 9.97 Å². The largest absolute Gasteiger partial charge is 0.331 e. The van der Waals surface area contributed by atoms with Crippen LogP contribution < -0.4 is 4.90 Å². The molecule has 2 amide bonds. The number of anilines is 2. The molecule has 0 radical (unpaired) electrons. The number of nitro benzene ring substituents is 1. The number of amides is 2. The smallest absolute Gasteiger partial charge is 0.313 e. The van der Waals surface area contributed by atoms with Gasteiger partial charge in [0, 0.05) is 36.3 Å². The third kappa shape index (κ3) is 3.05. The fourth-order valence-electron chi connectivity index (χ4n) is 3.29. The second-order valence-corrected chi connectivity index (χ2v) is 6.47. The average Bonchev–Trinajstić information content (AvgIpc) is 2.73. The Morgan fingerprint density at radius 3 is 2.54 bits per heavy atom. The molecule has 0 aliphatic carbocycles. The van der Waals surface area contributed by atoms with Gasteiger partial charge in [-0.15, -0.1) is 0 Å². The molecule has 0 bridgehead atoms. The SMILES string of the molecule is CC(c1cccnc1)N1Cc2cccnc2N(c2ccc([N+](=O)[O-])cc2)C1=O. The fraction of sp³-hybridized carbons (Fsp3) is 0.150. The van der Waals surface area contributed by atoms with Gasteiger partial charge in [0.25, 0.3) is 5.69 Å². The molecule has 1 unspecified atom stereocenters. The van der Waals surface area contributed by atoms with Gasteiger partial charge in [0.15, 0.2) is 0 Å². The van der Waals surface area contributed by atoms with E-state index in [1.807, 2.05) is 31.2 Å². The first-order valence-corrected chi connectivity index (χ1v) is 8.75. The molecule has 8 heteroatoms. The van der Waals surface area contributed by atoms with Gasteiger partial charge in [-0.25, -0.2) is 14.7 Å². The molecule has 28 heavy (non-hydrogen) atoms. The van der Waals surface area contributed by atoms with Crippen LogP contribution in [0.5, 0.6) is 0 Å². The van der Waals surface area contributed by atoms with E-state index in [9.17, 15) is 14.9 Å². The van der Waals surface area contributed by atoms with Crippen molar-refractivity contribution in [3.63, 3.8) is 0 Å². The van der Waals surface area contributed by atoms with Crippen molar-refractivity contribution in [2.45, 2.75) is 19.5 Å². The summed E-state index contributed by atoms with van der Waals surface area (Å²) in [6.45, 7) is 2.37. The number of hydrogen-bond donors (Lipinski definition) is 0. The zero-order valence-electron chi connectivity index (χ0n) is 15.1.